The van der Waals surface area contributed by atoms with Crippen LogP contribution in [0.4, 0.5) is 0 Å². The van der Waals surface area contributed by atoms with E-state index in [4.69, 9.17) is 4.74 Å². The number of ether oxygens (including phenoxy) is 1. The zero-order valence-corrected chi connectivity index (χ0v) is 12.7. The molecule has 0 aliphatic rings. The Balaban J connectivity index is 2.02. The fourth-order valence-corrected chi connectivity index (χ4v) is 2.25. The number of nitrogens with zero attached hydrogens (tertiary/aromatic N) is 1. The SMILES string of the molecule is COc1ccc(C)cc1C(O)CN[C@H](C)c1ccccn1. The average Bonchev–Trinajstić information content (AvgIpc) is 2.53. The van der Waals surface area contributed by atoms with Crippen LogP contribution in [0.2, 0.25) is 0 Å². The molecule has 21 heavy (non-hydrogen) atoms. The highest BCUT2D eigenvalue weighted by Crippen LogP contribution is 2.26. The monoisotopic (exact) mass is 286 g/mol. The molecule has 2 N–H and O–H groups in total. The van der Waals surface area contributed by atoms with E-state index in [0.717, 1.165) is 16.8 Å². The Hall–Kier alpha value is -1.91. The summed E-state index contributed by atoms with van der Waals surface area (Å²) in [4.78, 5) is 4.31. The summed E-state index contributed by atoms with van der Waals surface area (Å²) in [5, 5.41) is 13.7. The van der Waals surface area contributed by atoms with Gasteiger partial charge in [-0.15, -0.1) is 0 Å². The number of hydrogen-bond donors (Lipinski definition) is 2. The zero-order chi connectivity index (χ0) is 15.2. The van der Waals surface area contributed by atoms with Gasteiger partial charge in [0.2, 0.25) is 0 Å². The number of benzene rings is 1. The molecule has 1 aromatic heterocycles. The van der Waals surface area contributed by atoms with Crippen molar-refractivity contribution >= 4 is 0 Å². The summed E-state index contributed by atoms with van der Waals surface area (Å²) in [7, 11) is 1.62. The minimum absolute atomic E-state index is 0.0802. The first-order chi connectivity index (χ1) is 10.1. The van der Waals surface area contributed by atoms with Crippen LogP contribution in [0.3, 0.4) is 0 Å². The Kier molecular flexibility index (Phi) is 5.31. The van der Waals surface area contributed by atoms with E-state index in [1.807, 2.05) is 50.2 Å². The van der Waals surface area contributed by atoms with Crippen molar-refractivity contribution < 1.29 is 9.84 Å². The predicted octanol–water partition coefficient (Wildman–Crippen LogP) is 2.78. The van der Waals surface area contributed by atoms with Gasteiger partial charge in [-0.1, -0.05) is 17.7 Å². The Morgan fingerprint density at radius 1 is 1.29 bits per heavy atom. The molecule has 1 unspecified atom stereocenters. The highest BCUT2D eigenvalue weighted by molar-refractivity contribution is 5.38. The maximum absolute atomic E-state index is 10.4. The van der Waals surface area contributed by atoms with E-state index in [1.165, 1.54) is 0 Å². The van der Waals surface area contributed by atoms with E-state index in [2.05, 4.69) is 10.3 Å². The lowest BCUT2D eigenvalue weighted by Gasteiger charge is -2.19. The summed E-state index contributed by atoms with van der Waals surface area (Å²) >= 11 is 0. The van der Waals surface area contributed by atoms with Crippen LogP contribution in [0.5, 0.6) is 5.75 Å². The molecule has 1 aromatic carbocycles. The van der Waals surface area contributed by atoms with Crippen LogP contribution < -0.4 is 10.1 Å². The number of hydrogen-bond acceptors (Lipinski definition) is 4. The van der Waals surface area contributed by atoms with Gasteiger partial charge >= 0.3 is 0 Å². The average molecular weight is 286 g/mol. The van der Waals surface area contributed by atoms with Crippen molar-refractivity contribution in [1.29, 1.82) is 0 Å². The minimum atomic E-state index is -0.619. The standard InChI is InChI=1S/C17H22N2O2/c1-12-7-8-17(21-3)14(10-12)16(20)11-19-13(2)15-6-4-5-9-18-15/h4-10,13,16,19-20H,11H2,1-3H3/t13-,16?/m1/s1. The molecule has 0 saturated heterocycles. The smallest absolute Gasteiger partial charge is 0.124 e. The first kappa shape index (κ1) is 15.5. The number of aryl methyl sites for hydroxylation is 1. The van der Waals surface area contributed by atoms with Crippen LogP contribution in [0.15, 0.2) is 42.6 Å². The van der Waals surface area contributed by atoms with E-state index < -0.39 is 6.10 Å². The summed E-state index contributed by atoms with van der Waals surface area (Å²) in [6, 6.07) is 11.7. The Labute approximate surface area is 125 Å². The molecule has 2 atom stereocenters. The summed E-state index contributed by atoms with van der Waals surface area (Å²) in [5.41, 5.74) is 2.86. The fourth-order valence-electron chi connectivity index (χ4n) is 2.25. The molecule has 0 bridgehead atoms. The molecule has 2 rings (SSSR count). The van der Waals surface area contributed by atoms with Crippen LogP contribution in [0.1, 0.15) is 35.9 Å². The molecule has 4 heteroatoms. The van der Waals surface area contributed by atoms with E-state index in [-0.39, 0.29) is 6.04 Å². The number of rotatable bonds is 6. The van der Waals surface area contributed by atoms with E-state index in [1.54, 1.807) is 13.3 Å². The summed E-state index contributed by atoms with van der Waals surface area (Å²) in [6.45, 7) is 4.47. The van der Waals surface area contributed by atoms with E-state index >= 15 is 0 Å². The first-order valence-electron chi connectivity index (χ1n) is 7.08. The molecule has 1 heterocycles. The Morgan fingerprint density at radius 3 is 2.76 bits per heavy atom. The van der Waals surface area contributed by atoms with Gasteiger partial charge in [0.25, 0.3) is 0 Å². The van der Waals surface area contributed by atoms with Gasteiger partial charge in [0.1, 0.15) is 5.75 Å². The van der Waals surface area contributed by atoms with E-state index in [0.29, 0.717) is 12.3 Å². The molecular formula is C17H22N2O2. The number of methoxy groups -OCH3 is 1. The highest BCUT2D eigenvalue weighted by atomic mass is 16.5. The van der Waals surface area contributed by atoms with Crippen molar-refractivity contribution in [3.63, 3.8) is 0 Å². The molecule has 0 aliphatic heterocycles. The first-order valence-corrected chi connectivity index (χ1v) is 7.08. The minimum Gasteiger partial charge on any atom is -0.496 e. The Bertz CT molecular complexity index is 572. The van der Waals surface area contributed by atoms with Gasteiger partial charge in [0, 0.05) is 24.3 Å². The van der Waals surface area contributed by atoms with E-state index in [9.17, 15) is 5.11 Å². The van der Waals surface area contributed by atoms with Crippen LogP contribution >= 0.6 is 0 Å². The predicted molar refractivity (Wildman–Crippen MR) is 83.3 cm³/mol. The molecule has 0 spiro atoms. The van der Waals surface area contributed by atoms with Gasteiger partial charge in [-0.2, -0.15) is 0 Å². The van der Waals surface area contributed by atoms with Crippen molar-refractivity contribution in [2.75, 3.05) is 13.7 Å². The van der Waals surface area contributed by atoms with Gasteiger partial charge in [0.15, 0.2) is 0 Å². The second-order valence-electron chi connectivity index (χ2n) is 5.15. The number of aliphatic hydroxyl groups is 1. The summed E-state index contributed by atoms with van der Waals surface area (Å²) < 4.78 is 5.31. The number of pyridine rings is 1. The highest BCUT2D eigenvalue weighted by Gasteiger charge is 2.15. The second-order valence-corrected chi connectivity index (χ2v) is 5.15. The van der Waals surface area contributed by atoms with Gasteiger partial charge in [-0.25, -0.2) is 0 Å². The third-order valence-corrected chi connectivity index (χ3v) is 3.49. The third kappa shape index (κ3) is 4.03. The molecule has 0 amide bonds. The molecule has 2 aromatic rings. The van der Waals surface area contributed by atoms with Crippen molar-refractivity contribution in [1.82, 2.24) is 10.3 Å². The van der Waals surface area contributed by atoms with Gasteiger partial charge in [-0.05, 0) is 38.1 Å². The lowest BCUT2D eigenvalue weighted by atomic mass is 10.0. The summed E-state index contributed by atoms with van der Waals surface area (Å²) in [5.74, 6) is 0.709. The van der Waals surface area contributed by atoms with Gasteiger partial charge < -0.3 is 15.2 Å². The molecule has 0 fully saturated rings. The third-order valence-electron chi connectivity index (χ3n) is 3.49. The lowest BCUT2D eigenvalue weighted by Crippen LogP contribution is -2.25. The van der Waals surface area contributed by atoms with Crippen LogP contribution in [-0.4, -0.2) is 23.7 Å². The zero-order valence-electron chi connectivity index (χ0n) is 12.7. The normalized spacial score (nSPS) is 13.7. The van der Waals surface area contributed by atoms with Crippen LogP contribution in [0, 0.1) is 6.92 Å². The van der Waals surface area contributed by atoms with Gasteiger partial charge in [-0.3, -0.25) is 4.98 Å². The van der Waals surface area contributed by atoms with Crippen molar-refractivity contribution in [3.8, 4) is 5.75 Å². The largest absolute Gasteiger partial charge is 0.496 e. The number of aliphatic hydroxyl groups excluding tert-OH is 1. The molecule has 0 saturated carbocycles. The van der Waals surface area contributed by atoms with Crippen LogP contribution in [0.25, 0.3) is 0 Å². The van der Waals surface area contributed by atoms with Crippen molar-refractivity contribution in [2.45, 2.75) is 26.0 Å². The molecule has 0 aliphatic carbocycles. The van der Waals surface area contributed by atoms with Gasteiger partial charge in [0.05, 0.1) is 18.9 Å². The molecule has 0 radical (unpaired) electrons. The topological polar surface area (TPSA) is 54.4 Å². The molecule has 4 nitrogen and oxygen atoms in total. The lowest BCUT2D eigenvalue weighted by molar-refractivity contribution is 0.166. The fraction of sp³-hybridized carbons (Fsp3) is 0.353. The van der Waals surface area contributed by atoms with Crippen molar-refractivity contribution in [3.05, 3.63) is 59.4 Å². The maximum Gasteiger partial charge on any atom is 0.124 e. The second kappa shape index (κ2) is 7.20. The number of nitrogens with one attached hydrogen (secondary N) is 1. The molecular weight excluding hydrogens is 264 g/mol. The quantitative estimate of drug-likeness (QED) is 0.857. The summed E-state index contributed by atoms with van der Waals surface area (Å²) in [6.07, 6.45) is 1.15. The van der Waals surface area contributed by atoms with Crippen LogP contribution in [-0.2, 0) is 0 Å². The maximum atomic E-state index is 10.4. The molecule has 112 valence electrons. The Morgan fingerprint density at radius 2 is 2.10 bits per heavy atom. The van der Waals surface area contributed by atoms with Crippen molar-refractivity contribution in [2.24, 2.45) is 0 Å². The number of aromatic nitrogens is 1.